The van der Waals surface area contributed by atoms with E-state index in [0.29, 0.717) is 12.2 Å². The molecule has 88 valence electrons. The largest absolute Gasteiger partial charge is 0.466 e. The van der Waals surface area contributed by atoms with E-state index in [9.17, 15) is 9.18 Å². The Kier molecular flexibility index (Phi) is 3.68. The number of benzene rings is 1. The van der Waals surface area contributed by atoms with Crippen LogP contribution in [-0.2, 0) is 15.2 Å². The molecular weight excluding hydrogens is 207 g/mol. The van der Waals surface area contributed by atoms with Gasteiger partial charge in [-0.2, -0.15) is 0 Å². The van der Waals surface area contributed by atoms with Crippen LogP contribution in [0.15, 0.2) is 30.3 Å². The second-order valence-electron chi connectivity index (χ2n) is 3.74. The van der Waals surface area contributed by atoms with Crippen LogP contribution in [0.25, 0.3) is 0 Å². The SMILES string of the molecule is C.CCOC(=O)[C@H]1C[C@@]1(F)c1ccccc1. The zero-order valence-electron chi connectivity index (χ0n) is 8.57. The molecular formula is C13H17FO2. The number of ether oxygens (including phenoxy) is 1. The van der Waals surface area contributed by atoms with Crippen molar-refractivity contribution in [1.29, 1.82) is 0 Å². The molecule has 0 amide bonds. The lowest BCUT2D eigenvalue weighted by Crippen LogP contribution is -2.13. The quantitative estimate of drug-likeness (QED) is 0.737. The lowest BCUT2D eigenvalue weighted by molar-refractivity contribution is -0.145. The summed E-state index contributed by atoms with van der Waals surface area (Å²) in [4.78, 5) is 11.3. The number of alkyl halides is 1. The summed E-state index contributed by atoms with van der Waals surface area (Å²) in [6.07, 6.45) is 0.246. The van der Waals surface area contributed by atoms with Crippen LogP contribution < -0.4 is 0 Å². The van der Waals surface area contributed by atoms with E-state index < -0.39 is 17.6 Å². The molecule has 0 aromatic heterocycles. The molecule has 2 nitrogen and oxygen atoms in total. The Bertz CT molecular complexity index is 363. The second-order valence-corrected chi connectivity index (χ2v) is 3.74. The van der Waals surface area contributed by atoms with Gasteiger partial charge in [0.15, 0.2) is 0 Å². The van der Waals surface area contributed by atoms with E-state index in [-0.39, 0.29) is 13.8 Å². The van der Waals surface area contributed by atoms with Crippen molar-refractivity contribution in [2.75, 3.05) is 6.61 Å². The topological polar surface area (TPSA) is 26.3 Å². The second kappa shape index (κ2) is 4.64. The molecule has 0 aliphatic heterocycles. The maximum absolute atomic E-state index is 14.2. The van der Waals surface area contributed by atoms with E-state index in [0.717, 1.165) is 0 Å². The van der Waals surface area contributed by atoms with Gasteiger partial charge < -0.3 is 4.74 Å². The molecule has 0 saturated heterocycles. The van der Waals surface area contributed by atoms with E-state index in [4.69, 9.17) is 4.74 Å². The highest BCUT2D eigenvalue weighted by molar-refractivity contribution is 5.78. The van der Waals surface area contributed by atoms with Crippen LogP contribution in [0.3, 0.4) is 0 Å². The van der Waals surface area contributed by atoms with E-state index in [1.54, 1.807) is 31.2 Å². The number of carbonyl (C=O) groups is 1. The van der Waals surface area contributed by atoms with Gasteiger partial charge in [-0.05, 0) is 12.5 Å². The van der Waals surface area contributed by atoms with Gasteiger partial charge in [-0.25, -0.2) is 4.39 Å². The Morgan fingerprint density at radius 2 is 2.12 bits per heavy atom. The highest BCUT2D eigenvalue weighted by atomic mass is 19.1. The van der Waals surface area contributed by atoms with Gasteiger partial charge in [0.25, 0.3) is 0 Å². The molecule has 0 unspecified atom stereocenters. The monoisotopic (exact) mass is 224 g/mol. The minimum atomic E-state index is -1.49. The third-order valence-corrected chi connectivity index (χ3v) is 2.72. The smallest absolute Gasteiger partial charge is 0.312 e. The molecule has 1 aromatic rings. The normalized spacial score (nSPS) is 26.8. The van der Waals surface area contributed by atoms with Gasteiger partial charge in [0, 0.05) is 6.42 Å². The van der Waals surface area contributed by atoms with Gasteiger partial charge in [-0.3, -0.25) is 4.79 Å². The fourth-order valence-corrected chi connectivity index (χ4v) is 1.79. The molecule has 1 aromatic carbocycles. The summed E-state index contributed by atoms with van der Waals surface area (Å²) in [5.41, 5.74) is -0.920. The van der Waals surface area contributed by atoms with Crippen LogP contribution in [0.1, 0.15) is 26.3 Å². The molecule has 0 heterocycles. The molecule has 3 heteroatoms. The summed E-state index contributed by atoms with van der Waals surface area (Å²) in [6.45, 7) is 2.03. The molecule has 16 heavy (non-hydrogen) atoms. The molecule has 1 fully saturated rings. The van der Waals surface area contributed by atoms with Crippen molar-refractivity contribution in [2.45, 2.75) is 26.4 Å². The number of hydrogen-bond acceptors (Lipinski definition) is 2. The maximum Gasteiger partial charge on any atom is 0.312 e. The van der Waals surface area contributed by atoms with Gasteiger partial charge in [0.2, 0.25) is 0 Å². The Morgan fingerprint density at radius 3 is 2.69 bits per heavy atom. The van der Waals surface area contributed by atoms with Crippen LogP contribution in [0.2, 0.25) is 0 Å². The van der Waals surface area contributed by atoms with Crippen molar-refractivity contribution in [2.24, 2.45) is 5.92 Å². The first-order valence-corrected chi connectivity index (χ1v) is 5.09. The number of carbonyl (C=O) groups excluding carboxylic acids is 1. The zero-order valence-corrected chi connectivity index (χ0v) is 8.57. The summed E-state index contributed by atoms with van der Waals surface area (Å²) < 4.78 is 19.0. The van der Waals surface area contributed by atoms with Gasteiger partial charge in [-0.1, -0.05) is 37.8 Å². The van der Waals surface area contributed by atoms with Gasteiger partial charge in [-0.15, -0.1) is 0 Å². The first kappa shape index (κ1) is 12.7. The van der Waals surface area contributed by atoms with E-state index >= 15 is 0 Å². The Hall–Kier alpha value is -1.38. The number of halogens is 1. The molecule has 2 rings (SSSR count). The molecule has 1 saturated carbocycles. The summed E-state index contributed by atoms with van der Waals surface area (Å²) in [5, 5.41) is 0. The fourth-order valence-electron chi connectivity index (χ4n) is 1.79. The molecule has 2 atom stereocenters. The molecule has 0 spiro atoms. The first-order chi connectivity index (χ1) is 7.18. The van der Waals surface area contributed by atoms with Crippen molar-refractivity contribution < 1.29 is 13.9 Å². The number of esters is 1. The van der Waals surface area contributed by atoms with Crippen molar-refractivity contribution >= 4 is 5.97 Å². The van der Waals surface area contributed by atoms with Gasteiger partial charge >= 0.3 is 5.97 Å². The molecule has 0 bridgehead atoms. The Labute approximate surface area is 95.4 Å². The third-order valence-electron chi connectivity index (χ3n) is 2.72. The minimum absolute atomic E-state index is 0. The zero-order chi connectivity index (χ0) is 10.9. The van der Waals surface area contributed by atoms with E-state index in [2.05, 4.69) is 0 Å². The van der Waals surface area contributed by atoms with E-state index in [1.807, 2.05) is 6.07 Å². The average molecular weight is 224 g/mol. The van der Waals surface area contributed by atoms with Crippen molar-refractivity contribution in [1.82, 2.24) is 0 Å². The van der Waals surface area contributed by atoms with Gasteiger partial charge in [0.1, 0.15) is 5.67 Å². The summed E-state index contributed by atoms with van der Waals surface area (Å²) in [7, 11) is 0. The lowest BCUT2D eigenvalue weighted by atomic mass is 10.1. The number of rotatable bonds is 3. The summed E-state index contributed by atoms with van der Waals surface area (Å²) in [5.74, 6) is -1.04. The van der Waals surface area contributed by atoms with Crippen LogP contribution >= 0.6 is 0 Å². The van der Waals surface area contributed by atoms with Crippen molar-refractivity contribution in [3.63, 3.8) is 0 Å². The lowest BCUT2D eigenvalue weighted by Gasteiger charge is -2.07. The Balaban J connectivity index is 0.00000128. The van der Waals surface area contributed by atoms with Crippen LogP contribution in [-0.4, -0.2) is 12.6 Å². The first-order valence-electron chi connectivity index (χ1n) is 5.09. The molecule has 1 aliphatic rings. The van der Waals surface area contributed by atoms with Crippen molar-refractivity contribution in [3.8, 4) is 0 Å². The standard InChI is InChI=1S/C12H13FO2.CH4/c1-2-15-11(14)10-8-12(10,13)9-6-4-3-5-7-9;/h3-7,10H,2,8H2,1H3;1H4/t10-,12-;/m1./s1. The highest BCUT2D eigenvalue weighted by Crippen LogP contribution is 2.56. The van der Waals surface area contributed by atoms with Crippen LogP contribution in [0.4, 0.5) is 4.39 Å². The predicted octanol–water partition coefficient (Wildman–Crippen LogP) is 3.07. The van der Waals surface area contributed by atoms with Crippen LogP contribution in [0, 0.1) is 5.92 Å². The van der Waals surface area contributed by atoms with E-state index in [1.165, 1.54) is 0 Å². The number of hydrogen-bond donors (Lipinski definition) is 0. The van der Waals surface area contributed by atoms with Crippen LogP contribution in [0.5, 0.6) is 0 Å². The van der Waals surface area contributed by atoms with Gasteiger partial charge in [0.05, 0.1) is 12.5 Å². The predicted molar refractivity (Wildman–Crippen MR) is 60.7 cm³/mol. The molecule has 1 aliphatic carbocycles. The average Bonchev–Trinajstić information content (AvgIpc) is 2.94. The maximum atomic E-state index is 14.2. The summed E-state index contributed by atoms with van der Waals surface area (Å²) >= 11 is 0. The summed E-state index contributed by atoms with van der Waals surface area (Å²) in [6, 6.07) is 8.79. The van der Waals surface area contributed by atoms with Crippen molar-refractivity contribution in [3.05, 3.63) is 35.9 Å². The molecule has 0 radical (unpaired) electrons. The Morgan fingerprint density at radius 1 is 1.50 bits per heavy atom. The highest BCUT2D eigenvalue weighted by Gasteiger charge is 2.61. The third kappa shape index (κ3) is 2.08. The molecule has 0 N–H and O–H groups in total. The minimum Gasteiger partial charge on any atom is -0.466 e. The fraction of sp³-hybridized carbons (Fsp3) is 0.462.